The molecule has 7 nitrogen and oxygen atoms in total. The molecule has 0 aliphatic carbocycles. The third kappa shape index (κ3) is 3.38. The smallest absolute Gasteiger partial charge is 0.326 e. The van der Waals surface area contributed by atoms with Crippen molar-refractivity contribution in [2.45, 2.75) is 11.3 Å². The van der Waals surface area contributed by atoms with E-state index in [4.69, 9.17) is 4.74 Å². The van der Waals surface area contributed by atoms with Crippen LogP contribution in [0.5, 0.6) is 5.75 Å². The first-order valence-electron chi connectivity index (χ1n) is 8.11. The highest BCUT2D eigenvalue weighted by Gasteiger charge is 2.27. The van der Waals surface area contributed by atoms with Gasteiger partial charge < -0.3 is 10.1 Å². The molecule has 0 unspecified atom stereocenters. The van der Waals surface area contributed by atoms with Crippen molar-refractivity contribution in [3.05, 3.63) is 48.0 Å². The Bertz CT molecular complexity index is 924. The van der Waals surface area contributed by atoms with Crippen LogP contribution >= 0.6 is 0 Å². The van der Waals surface area contributed by atoms with Gasteiger partial charge in [-0.15, -0.1) is 0 Å². The molecule has 0 saturated heterocycles. The van der Waals surface area contributed by atoms with Crippen LogP contribution in [0.2, 0.25) is 0 Å². The summed E-state index contributed by atoms with van der Waals surface area (Å²) < 4.78 is 30.8. The first-order chi connectivity index (χ1) is 12.3. The van der Waals surface area contributed by atoms with E-state index in [1.165, 1.54) is 24.5 Å². The molecule has 0 spiro atoms. The molecule has 0 saturated carbocycles. The first-order valence-corrected chi connectivity index (χ1v) is 9.55. The highest BCUT2D eigenvalue weighted by Crippen LogP contribution is 2.31. The Kier molecular flexibility index (Phi) is 4.88. The molecule has 0 fully saturated rings. The zero-order valence-corrected chi connectivity index (χ0v) is 15.7. The van der Waals surface area contributed by atoms with Gasteiger partial charge in [0, 0.05) is 32.0 Å². The van der Waals surface area contributed by atoms with Gasteiger partial charge in [-0.2, -0.15) is 0 Å². The lowest BCUT2D eigenvalue weighted by molar-refractivity contribution is 0.257. The predicted octanol–water partition coefficient (Wildman–Crippen LogP) is 2.54. The lowest BCUT2D eigenvalue weighted by atomic mass is 10.2. The average Bonchev–Trinajstić information content (AvgIpc) is 3.05. The third-order valence-electron chi connectivity index (χ3n) is 4.31. The van der Waals surface area contributed by atoms with Gasteiger partial charge in [-0.25, -0.2) is 17.5 Å². The number of carbonyl (C=O) groups is 1. The van der Waals surface area contributed by atoms with E-state index in [0.29, 0.717) is 24.4 Å². The zero-order valence-electron chi connectivity index (χ0n) is 14.9. The Morgan fingerprint density at radius 2 is 1.85 bits per heavy atom. The van der Waals surface area contributed by atoms with Crippen molar-refractivity contribution in [3.8, 4) is 5.75 Å². The van der Waals surface area contributed by atoms with Crippen LogP contribution < -0.4 is 15.0 Å². The number of nitrogens with one attached hydrogen (secondary N) is 1. The van der Waals surface area contributed by atoms with E-state index < -0.39 is 10.0 Å². The van der Waals surface area contributed by atoms with E-state index in [2.05, 4.69) is 5.32 Å². The van der Waals surface area contributed by atoms with Crippen molar-refractivity contribution in [1.29, 1.82) is 0 Å². The SMILES string of the molecule is COc1ccc(NC(=O)N2CCc3cc(S(=O)(=O)N(C)C)ccc32)cc1. The summed E-state index contributed by atoms with van der Waals surface area (Å²) in [6.07, 6.45) is 0.613. The maximum absolute atomic E-state index is 12.6. The molecule has 1 aliphatic heterocycles. The number of hydrogen-bond acceptors (Lipinski definition) is 4. The molecular formula is C18H21N3O4S. The minimum absolute atomic E-state index is 0.235. The van der Waals surface area contributed by atoms with Crippen molar-refractivity contribution in [1.82, 2.24) is 4.31 Å². The van der Waals surface area contributed by atoms with Gasteiger partial charge in [0.1, 0.15) is 5.75 Å². The van der Waals surface area contributed by atoms with E-state index in [-0.39, 0.29) is 10.9 Å². The molecular weight excluding hydrogens is 354 g/mol. The number of carbonyl (C=O) groups excluding carboxylic acids is 1. The number of hydrogen-bond donors (Lipinski definition) is 1. The maximum Gasteiger partial charge on any atom is 0.326 e. The van der Waals surface area contributed by atoms with Crippen molar-refractivity contribution in [3.63, 3.8) is 0 Å². The highest BCUT2D eigenvalue weighted by atomic mass is 32.2. The van der Waals surface area contributed by atoms with Crippen LogP contribution in [0.15, 0.2) is 47.4 Å². The summed E-state index contributed by atoms with van der Waals surface area (Å²) in [5.74, 6) is 0.712. The summed E-state index contributed by atoms with van der Waals surface area (Å²) in [4.78, 5) is 14.4. The molecule has 2 aromatic rings. The van der Waals surface area contributed by atoms with E-state index in [9.17, 15) is 13.2 Å². The number of amides is 2. The second kappa shape index (κ2) is 6.97. The van der Waals surface area contributed by atoms with Crippen molar-refractivity contribution in [2.75, 3.05) is 38.0 Å². The number of methoxy groups -OCH3 is 1. The Labute approximate surface area is 153 Å². The first kappa shape index (κ1) is 18.2. The molecule has 1 heterocycles. The summed E-state index contributed by atoms with van der Waals surface area (Å²) in [5.41, 5.74) is 2.24. The second-order valence-corrected chi connectivity index (χ2v) is 8.29. The van der Waals surface area contributed by atoms with E-state index in [0.717, 1.165) is 11.3 Å². The standard InChI is InChI=1S/C18H21N3O4S/c1-20(2)26(23,24)16-8-9-17-13(12-16)10-11-21(17)18(22)19-14-4-6-15(25-3)7-5-14/h4-9,12H,10-11H2,1-3H3,(H,19,22). The fourth-order valence-corrected chi connectivity index (χ4v) is 3.78. The van der Waals surface area contributed by atoms with Gasteiger partial charge in [-0.05, 0) is 54.4 Å². The van der Waals surface area contributed by atoms with Crippen molar-refractivity contribution in [2.24, 2.45) is 0 Å². The molecule has 0 bridgehead atoms. The third-order valence-corrected chi connectivity index (χ3v) is 6.12. The molecule has 0 atom stereocenters. The van der Waals surface area contributed by atoms with Crippen LogP contribution in [0.1, 0.15) is 5.56 Å². The Morgan fingerprint density at radius 1 is 1.15 bits per heavy atom. The monoisotopic (exact) mass is 375 g/mol. The minimum Gasteiger partial charge on any atom is -0.497 e. The average molecular weight is 375 g/mol. The number of rotatable bonds is 4. The lowest BCUT2D eigenvalue weighted by Crippen LogP contribution is -2.33. The van der Waals surface area contributed by atoms with Gasteiger partial charge >= 0.3 is 6.03 Å². The van der Waals surface area contributed by atoms with Crippen LogP contribution in [0.25, 0.3) is 0 Å². The number of urea groups is 1. The van der Waals surface area contributed by atoms with Crippen molar-refractivity contribution < 1.29 is 17.9 Å². The fourth-order valence-electron chi connectivity index (χ4n) is 2.83. The molecule has 2 amide bonds. The second-order valence-electron chi connectivity index (χ2n) is 6.14. The summed E-state index contributed by atoms with van der Waals surface area (Å²) in [7, 11) is 1.09. The normalized spacial score (nSPS) is 13.6. The molecule has 2 aromatic carbocycles. The van der Waals surface area contributed by atoms with Gasteiger partial charge in [0.05, 0.1) is 12.0 Å². The number of benzene rings is 2. The quantitative estimate of drug-likeness (QED) is 0.891. The molecule has 8 heteroatoms. The minimum atomic E-state index is -3.49. The molecule has 0 radical (unpaired) electrons. The summed E-state index contributed by atoms with van der Waals surface area (Å²) in [6, 6.07) is 11.7. The number of ether oxygens (including phenoxy) is 1. The molecule has 1 aliphatic rings. The molecule has 0 aromatic heterocycles. The highest BCUT2D eigenvalue weighted by molar-refractivity contribution is 7.89. The van der Waals surface area contributed by atoms with Crippen LogP contribution in [0, 0.1) is 0 Å². The lowest BCUT2D eigenvalue weighted by Gasteiger charge is -2.19. The largest absolute Gasteiger partial charge is 0.497 e. The Morgan fingerprint density at radius 3 is 2.46 bits per heavy atom. The fraction of sp³-hybridized carbons (Fsp3) is 0.278. The summed E-state index contributed by atoms with van der Waals surface area (Å²) >= 11 is 0. The predicted molar refractivity (Wildman–Crippen MR) is 100 cm³/mol. The van der Waals surface area contributed by atoms with Crippen LogP contribution in [-0.2, 0) is 16.4 Å². The molecule has 26 heavy (non-hydrogen) atoms. The summed E-state index contributed by atoms with van der Waals surface area (Å²) in [6.45, 7) is 0.503. The number of nitrogens with zero attached hydrogens (tertiary/aromatic N) is 2. The van der Waals surface area contributed by atoms with Crippen LogP contribution in [0.4, 0.5) is 16.2 Å². The topological polar surface area (TPSA) is 79.0 Å². The van der Waals surface area contributed by atoms with Gasteiger partial charge in [0.15, 0.2) is 0 Å². The van der Waals surface area contributed by atoms with Crippen LogP contribution in [-0.4, -0.2) is 46.5 Å². The molecule has 3 rings (SSSR count). The maximum atomic E-state index is 12.6. The number of anilines is 2. The van der Waals surface area contributed by atoms with Gasteiger partial charge in [-0.3, -0.25) is 4.90 Å². The molecule has 1 N–H and O–H groups in total. The Balaban J connectivity index is 1.79. The van der Waals surface area contributed by atoms with E-state index in [1.54, 1.807) is 48.4 Å². The number of sulfonamides is 1. The molecule has 138 valence electrons. The summed E-state index contributed by atoms with van der Waals surface area (Å²) in [5, 5.41) is 2.84. The van der Waals surface area contributed by atoms with E-state index >= 15 is 0 Å². The Hall–Kier alpha value is -2.58. The van der Waals surface area contributed by atoms with Crippen molar-refractivity contribution >= 4 is 27.4 Å². The van der Waals surface area contributed by atoms with Crippen LogP contribution in [0.3, 0.4) is 0 Å². The van der Waals surface area contributed by atoms with Gasteiger partial charge in [-0.1, -0.05) is 0 Å². The zero-order chi connectivity index (χ0) is 18.9. The van der Waals surface area contributed by atoms with E-state index in [1.807, 2.05) is 0 Å². The van der Waals surface area contributed by atoms with Gasteiger partial charge in [0.2, 0.25) is 10.0 Å². The number of fused-ring (bicyclic) bond motifs is 1. The van der Waals surface area contributed by atoms with Gasteiger partial charge in [0.25, 0.3) is 0 Å².